The van der Waals surface area contributed by atoms with Crippen LogP contribution in [0.4, 0.5) is 18.9 Å². The first-order chi connectivity index (χ1) is 12.5. The number of halogens is 4. The highest BCUT2D eigenvalue weighted by atomic mass is 35.5. The number of hydrogen-bond donors (Lipinski definition) is 1. The summed E-state index contributed by atoms with van der Waals surface area (Å²) in [6.07, 6.45) is 3.29. The quantitative estimate of drug-likeness (QED) is 0.576. The molecule has 0 aliphatic heterocycles. The summed E-state index contributed by atoms with van der Waals surface area (Å²) in [4.78, 5) is 8.48. The fraction of sp³-hybridized carbons (Fsp3) is 0.125. The zero-order chi connectivity index (χ0) is 18.7. The van der Waals surface area contributed by atoms with Crippen LogP contribution in [0.2, 0.25) is 5.02 Å². The normalized spacial score (nSPS) is 11.0. The minimum atomic E-state index is -3.19. The molecule has 2 heterocycles. The maximum atomic E-state index is 13.9. The monoisotopic (exact) mass is 401 g/mol. The molecule has 26 heavy (non-hydrogen) atoms. The van der Waals surface area contributed by atoms with Gasteiger partial charge >= 0.3 is 6.61 Å². The van der Waals surface area contributed by atoms with Gasteiger partial charge in [0.1, 0.15) is 5.69 Å². The lowest BCUT2D eigenvalue weighted by atomic mass is 10.2. The summed E-state index contributed by atoms with van der Waals surface area (Å²) in [5, 5.41) is 2.30. The number of ether oxygens (including phenoxy) is 2. The molecule has 0 bridgehead atoms. The van der Waals surface area contributed by atoms with E-state index in [-0.39, 0.29) is 11.6 Å². The third-order valence-electron chi connectivity index (χ3n) is 3.26. The van der Waals surface area contributed by atoms with Gasteiger partial charge in [0.15, 0.2) is 5.82 Å². The molecule has 3 aromatic rings. The van der Waals surface area contributed by atoms with Gasteiger partial charge in [-0.05, 0) is 24.1 Å². The lowest BCUT2D eigenvalue weighted by molar-refractivity contribution is -0.0555. The van der Waals surface area contributed by atoms with Crippen LogP contribution in [0.25, 0.3) is 10.8 Å². The average Bonchev–Trinajstić information content (AvgIpc) is 2.61. The molecule has 0 aliphatic rings. The predicted octanol–water partition coefficient (Wildman–Crippen LogP) is 5.15. The van der Waals surface area contributed by atoms with Crippen LogP contribution in [-0.2, 0) is 0 Å². The molecule has 0 saturated carbocycles. The number of benzene rings is 1. The molecule has 0 amide bonds. The molecule has 136 valence electrons. The Morgan fingerprint density at radius 1 is 1.19 bits per heavy atom. The SMILES string of the molecule is COc1nc(OC(F)F)c(F)cc1NSc1cncc2cc(Cl)ccc12. The van der Waals surface area contributed by atoms with Gasteiger partial charge < -0.3 is 14.2 Å². The van der Waals surface area contributed by atoms with Crippen molar-refractivity contribution in [1.29, 1.82) is 0 Å². The lowest BCUT2D eigenvalue weighted by Gasteiger charge is -2.13. The number of fused-ring (bicyclic) bond motifs is 1. The molecule has 0 saturated heterocycles. The largest absolute Gasteiger partial charge is 0.479 e. The Labute approximate surface area is 155 Å². The van der Waals surface area contributed by atoms with Crippen LogP contribution in [0, 0.1) is 5.82 Å². The van der Waals surface area contributed by atoms with E-state index in [0.29, 0.717) is 5.02 Å². The topological polar surface area (TPSA) is 56.3 Å². The number of alkyl halides is 2. The van der Waals surface area contributed by atoms with Gasteiger partial charge in [0, 0.05) is 34.3 Å². The average molecular weight is 402 g/mol. The first-order valence-electron chi connectivity index (χ1n) is 7.13. The highest BCUT2D eigenvalue weighted by Crippen LogP contribution is 2.34. The Kier molecular flexibility index (Phi) is 5.58. The molecule has 0 aliphatic carbocycles. The van der Waals surface area contributed by atoms with Gasteiger partial charge in [0.05, 0.1) is 12.0 Å². The number of methoxy groups -OCH3 is 1. The van der Waals surface area contributed by atoms with Crippen molar-refractivity contribution in [3.63, 3.8) is 0 Å². The summed E-state index contributed by atoms with van der Waals surface area (Å²) in [5.41, 5.74) is 0.155. The molecule has 1 aromatic carbocycles. The fourth-order valence-electron chi connectivity index (χ4n) is 2.16. The summed E-state index contributed by atoms with van der Waals surface area (Å²) < 4.78 is 50.4. The van der Waals surface area contributed by atoms with E-state index in [4.69, 9.17) is 16.3 Å². The highest BCUT2D eigenvalue weighted by molar-refractivity contribution is 8.00. The number of aromatic nitrogens is 2. The summed E-state index contributed by atoms with van der Waals surface area (Å²) in [5.74, 6) is -1.98. The van der Waals surface area contributed by atoms with E-state index in [9.17, 15) is 13.2 Å². The third-order valence-corrected chi connectivity index (χ3v) is 4.36. The molecule has 0 spiro atoms. The van der Waals surface area contributed by atoms with E-state index in [1.807, 2.05) is 6.07 Å². The number of rotatable bonds is 6. The maximum absolute atomic E-state index is 13.9. The van der Waals surface area contributed by atoms with E-state index >= 15 is 0 Å². The molecule has 2 aromatic heterocycles. The van der Waals surface area contributed by atoms with Crippen molar-refractivity contribution in [1.82, 2.24) is 9.97 Å². The fourth-order valence-corrected chi connectivity index (χ4v) is 3.12. The molecule has 0 atom stereocenters. The van der Waals surface area contributed by atoms with Crippen molar-refractivity contribution >= 4 is 40.0 Å². The molecular formula is C16H11ClF3N3O2S. The van der Waals surface area contributed by atoms with Crippen molar-refractivity contribution in [2.75, 3.05) is 11.8 Å². The van der Waals surface area contributed by atoms with Crippen LogP contribution in [0.1, 0.15) is 0 Å². The first-order valence-corrected chi connectivity index (χ1v) is 8.33. The van der Waals surface area contributed by atoms with E-state index in [0.717, 1.165) is 33.7 Å². The molecule has 0 fully saturated rings. The van der Waals surface area contributed by atoms with Crippen LogP contribution in [0.3, 0.4) is 0 Å². The van der Waals surface area contributed by atoms with Gasteiger partial charge in [-0.2, -0.15) is 13.8 Å². The molecule has 5 nitrogen and oxygen atoms in total. The van der Waals surface area contributed by atoms with Crippen molar-refractivity contribution in [2.45, 2.75) is 11.5 Å². The molecule has 0 radical (unpaired) electrons. The number of nitrogens with one attached hydrogen (secondary N) is 1. The standard InChI is InChI=1S/C16H11ClF3N3O2S/c1-24-15-12(5-11(18)14(22-15)25-16(19)20)23-26-13-7-21-6-8-4-9(17)2-3-10(8)13/h2-7,16,23H,1H3. The van der Waals surface area contributed by atoms with Crippen LogP contribution >= 0.6 is 23.5 Å². The zero-order valence-corrected chi connectivity index (χ0v) is 14.7. The van der Waals surface area contributed by atoms with Crippen molar-refractivity contribution in [3.8, 4) is 11.8 Å². The Morgan fingerprint density at radius 2 is 2.00 bits per heavy atom. The van der Waals surface area contributed by atoms with Crippen LogP contribution in [0.15, 0.2) is 41.6 Å². The minimum Gasteiger partial charge on any atom is -0.479 e. The van der Waals surface area contributed by atoms with Crippen LogP contribution in [0.5, 0.6) is 11.8 Å². The number of pyridine rings is 2. The van der Waals surface area contributed by atoms with Crippen LogP contribution in [-0.4, -0.2) is 23.7 Å². The first kappa shape index (κ1) is 18.4. The number of nitrogens with zero attached hydrogens (tertiary/aromatic N) is 2. The Morgan fingerprint density at radius 3 is 2.73 bits per heavy atom. The number of anilines is 1. The summed E-state index contributed by atoms with van der Waals surface area (Å²) in [6.45, 7) is -3.19. The Balaban J connectivity index is 1.87. The summed E-state index contributed by atoms with van der Waals surface area (Å²) in [7, 11) is 1.28. The van der Waals surface area contributed by atoms with Gasteiger partial charge in [-0.3, -0.25) is 4.98 Å². The van der Waals surface area contributed by atoms with Gasteiger partial charge in [-0.25, -0.2) is 4.39 Å². The zero-order valence-electron chi connectivity index (χ0n) is 13.2. The third kappa shape index (κ3) is 4.05. The van der Waals surface area contributed by atoms with Crippen molar-refractivity contribution in [3.05, 3.63) is 47.5 Å². The summed E-state index contributed by atoms with van der Waals surface area (Å²) in [6, 6.07) is 6.31. The van der Waals surface area contributed by atoms with Gasteiger partial charge in [-0.15, -0.1) is 0 Å². The van der Waals surface area contributed by atoms with Crippen LogP contribution < -0.4 is 14.2 Å². The van der Waals surface area contributed by atoms with Gasteiger partial charge in [0.25, 0.3) is 5.88 Å². The van der Waals surface area contributed by atoms with Gasteiger partial charge in [-0.1, -0.05) is 17.7 Å². The van der Waals surface area contributed by atoms with E-state index < -0.39 is 18.3 Å². The molecule has 0 unspecified atom stereocenters. The van der Waals surface area contributed by atoms with E-state index in [1.54, 1.807) is 24.5 Å². The smallest absolute Gasteiger partial charge is 0.388 e. The van der Waals surface area contributed by atoms with Crippen molar-refractivity contribution in [2.24, 2.45) is 0 Å². The van der Waals surface area contributed by atoms with Crippen molar-refractivity contribution < 1.29 is 22.6 Å². The van der Waals surface area contributed by atoms with E-state index in [2.05, 4.69) is 19.4 Å². The minimum absolute atomic E-state index is 0.0919. The van der Waals surface area contributed by atoms with E-state index in [1.165, 1.54) is 7.11 Å². The Hall–Kier alpha value is -2.39. The summed E-state index contributed by atoms with van der Waals surface area (Å²) >= 11 is 7.11. The molecule has 3 rings (SSSR count). The molecule has 1 N–H and O–H groups in total. The highest BCUT2D eigenvalue weighted by Gasteiger charge is 2.17. The lowest BCUT2D eigenvalue weighted by Crippen LogP contribution is -2.07. The van der Waals surface area contributed by atoms with Gasteiger partial charge in [0.2, 0.25) is 5.88 Å². The second kappa shape index (κ2) is 7.88. The molecule has 10 heteroatoms. The molecular weight excluding hydrogens is 391 g/mol. The second-order valence-electron chi connectivity index (χ2n) is 4.92. The predicted molar refractivity (Wildman–Crippen MR) is 93.6 cm³/mol. The number of hydrogen-bond acceptors (Lipinski definition) is 6. The Bertz CT molecular complexity index is 946. The maximum Gasteiger partial charge on any atom is 0.388 e. The second-order valence-corrected chi connectivity index (χ2v) is 6.20.